The van der Waals surface area contributed by atoms with Crippen LogP contribution in [0, 0.1) is 5.92 Å². The maximum Gasteiger partial charge on any atom is 0.293 e. The molecule has 0 aliphatic carbocycles. The number of carbonyl (C=O) groups is 1. The molecule has 1 saturated heterocycles. The number of hydrogen-bond acceptors (Lipinski definition) is 10. The zero-order valence-corrected chi connectivity index (χ0v) is 19.8. The Kier molecular flexibility index (Phi) is 6.91. The fraction of sp³-hybridized carbons (Fsp3) is 0.304. The van der Waals surface area contributed by atoms with Gasteiger partial charge >= 0.3 is 0 Å². The SMILES string of the molecule is Nc1nonc1-n1nnc(C(=O)N/N=C\c2cccs2)c1CN1CCC(Cc2ccccc2)CC1. The van der Waals surface area contributed by atoms with Crippen molar-refractivity contribution in [3.05, 3.63) is 69.7 Å². The smallest absolute Gasteiger partial charge is 0.293 e. The molecular formula is C23H25N9O2S. The van der Waals surface area contributed by atoms with Gasteiger partial charge in [0.1, 0.15) is 0 Å². The summed E-state index contributed by atoms with van der Waals surface area (Å²) in [6, 6.07) is 14.4. The Balaban J connectivity index is 1.30. The summed E-state index contributed by atoms with van der Waals surface area (Å²) >= 11 is 1.52. The van der Waals surface area contributed by atoms with Crippen molar-refractivity contribution < 1.29 is 9.42 Å². The Morgan fingerprint density at radius 1 is 1.20 bits per heavy atom. The second-order valence-corrected chi connectivity index (χ2v) is 9.37. The van der Waals surface area contributed by atoms with Crippen LogP contribution in [0.25, 0.3) is 5.82 Å². The van der Waals surface area contributed by atoms with Crippen LogP contribution in [0.3, 0.4) is 0 Å². The first-order valence-corrected chi connectivity index (χ1v) is 12.2. The number of nitrogens with one attached hydrogen (secondary N) is 1. The minimum atomic E-state index is -0.465. The summed E-state index contributed by atoms with van der Waals surface area (Å²) in [5.74, 6) is 0.433. The topological polar surface area (TPSA) is 140 Å². The van der Waals surface area contributed by atoms with Crippen LogP contribution in [0.15, 0.2) is 57.6 Å². The molecule has 4 heterocycles. The van der Waals surface area contributed by atoms with Crippen LogP contribution in [-0.2, 0) is 13.0 Å². The van der Waals surface area contributed by atoms with E-state index in [1.54, 1.807) is 6.21 Å². The Morgan fingerprint density at radius 2 is 2.03 bits per heavy atom. The van der Waals surface area contributed by atoms with Crippen LogP contribution in [0.1, 0.15) is 39.5 Å². The fourth-order valence-electron chi connectivity index (χ4n) is 4.21. The molecule has 4 aromatic rings. The first-order chi connectivity index (χ1) is 17.2. The van der Waals surface area contributed by atoms with Gasteiger partial charge in [0, 0.05) is 11.4 Å². The molecule has 35 heavy (non-hydrogen) atoms. The van der Waals surface area contributed by atoms with Gasteiger partial charge in [0.05, 0.1) is 11.9 Å². The normalized spacial score (nSPS) is 15.1. The summed E-state index contributed by atoms with van der Waals surface area (Å²) in [7, 11) is 0. The van der Waals surface area contributed by atoms with E-state index < -0.39 is 5.91 Å². The highest BCUT2D eigenvalue weighted by Gasteiger charge is 2.27. The van der Waals surface area contributed by atoms with Crippen molar-refractivity contribution in [2.24, 2.45) is 11.0 Å². The van der Waals surface area contributed by atoms with Gasteiger partial charge < -0.3 is 5.73 Å². The second kappa shape index (κ2) is 10.6. The van der Waals surface area contributed by atoms with Crippen molar-refractivity contribution >= 4 is 29.3 Å². The Bertz CT molecular complexity index is 1280. The van der Waals surface area contributed by atoms with E-state index in [0.717, 1.165) is 37.2 Å². The number of aromatic nitrogens is 5. The molecular weight excluding hydrogens is 466 g/mol. The molecule has 3 aromatic heterocycles. The van der Waals surface area contributed by atoms with Gasteiger partial charge in [-0.15, -0.1) is 16.4 Å². The number of anilines is 1. The van der Waals surface area contributed by atoms with Crippen LogP contribution >= 0.6 is 11.3 Å². The third-order valence-corrected chi connectivity index (χ3v) is 6.83. The minimum Gasteiger partial charge on any atom is -0.378 e. The van der Waals surface area contributed by atoms with E-state index >= 15 is 0 Å². The van der Waals surface area contributed by atoms with Gasteiger partial charge in [0.15, 0.2) is 5.69 Å². The maximum atomic E-state index is 12.9. The zero-order valence-electron chi connectivity index (χ0n) is 18.9. The molecule has 11 nitrogen and oxygen atoms in total. The fourth-order valence-corrected chi connectivity index (χ4v) is 4.79. The molecule has 180 valence electrons. The number of likely N-dealkylation sites (tertiary alicyclic amines) is 1. The molecule has 0 bridgehead atoms. The van der Waals surface area contributed by atoms with E-state index in [0.29, 0.717) is 18.2 Å². The number of benzene rings is 1. The average molecular weight is 492 g/mol. The number of nitrogens with two attached hydrogens (primary N) is 1. The summed E-state index contributed by atoms with van der Waals surface area (Å²) < 4.78 is 6.16. The highest BCUT2D eigenvalue weighted by atomic mass is 32.1. The molecule has 5 rings (SSSR count). The number of nitrogens with zero attached hydrogens (tertiary/aromatic N) is 7. The van der Waals surface area contributed by atoms with Gasteiger partial charge in [0.25, 0.3) is 5.91 Å². The summed E-state index contributed by atoms with van der Waals surface area (Å²) in [6.45, 7) is 2.24. The Morgan fingerprint density at radius 3 is 2.74 bits per heavy atom. The molecule has 0 saturated carbocycles. The van der Waals surface area contributed by atoms with Gasteiger partial charge in [-0.05, 0) is 65.6 Å². The molecule has 1 aromatic carbocycles. The zero-order chi connectivity index (χ0) is 24.0. The van der Waals surface area contributed by atoms with Gasteiger partial charge in [-0.3, -0.25) is 9.69 Å². The van der Waals surface area contributed by atoms with Gasteiger partial charge in [-0.2, -0.15) is 9.78 Å². The van der Waals surface area contributed by atoms with Crippen molar-refractivity contribution in [3.8, 4) is 5.82 Å². The summed E-state index contributed by atoms with van der Waals surface area (Å²) in [5.41, 5.74) is 10.5. The predicted octanol–water partition coefficient (Wildman–Crippen LogP) is 2.51. The standard InChI is InChI=1S/C23H25N9O2S/c24-21-22(29-34-28-21)32-19(20(26-30-32)23(33)27-25-14-18-7-4-12-35-18)15-31-10-8-17(9-11-31)13-16-5-2-1-3-6-16/h1-7,12,14,17H,8-11,13,15H2,(H2,24,28)(H,27,33)/b25-14-. The van der Waals surface area contributed by atoms with Gasteiger partial charge in [-0.1, -0.05) is 41.6 Å². The Hall–Kier alpha value is -3.90. The quantitative estimate of drug-likeness (QED) is 0.283. The first-order valence-electron chi connectivity index (χ1n) is 11.3. The monoisotopic (exact) mass is 491 g/mol. The van der Waals surface area contributed by atoms with Gasteiger partial charge in [0.2, 0.25) is 11.6 Å². The summed E-state index contributed by atoms with van der Waals surface area (Å²) in [4.78, 5) is 16.1. The molecule has 0 spiro atoms. The third kappa shape index (κ3) is 5.44. The molecule has 1 amide bonds. The number of rotatable bonds is 8. The number of hydrogen-bond donors (Lipinski definition) is 2. The van der Waals surface area contributed by atoms with Gasteiger partial charge in [-0.25, -0.2) is 10.1 Å². The van der Waals surface area contributed by atoms with E-state index in [1.807, 2.05) is 23.6 Å². The lowest BCUT2D eigenvalue weighted by molar-refractivity contribution is 0.0946. The summed E-state index contributed by atoms with van der Waals surface area (Å²) in [5, 5.41) is 21.7. The van der Waals surface area contributed by atoms with Crippen LogP contribution in [0.4, 0.5) is 5.82 Å². The van der Waals surface area contributed by atoms with E-state index in [4.69, 9.17) is 10.4 Å². The van der Waals surface area contributed by atoms with Crippen molar-refractivity contribution in [2.45, 2.75) is 25.8 Å². The number of nitrogen functional groups attached to an aromatic ring is 1. The minimum absolute atomic E-state index is 0.0698. The van der Waals surface area contributed by atoms with E-state index in [-0.39, 0.29) is 17.3 Å². The molecule has 1 fully saturated rings. The Labute approximate surface area is 205 Å². The number of piperidine rings is 1. The van der Waals surface area contributed by atoms with E-state index in [1.165, 1.54) is 21.6 Å². The summed E-state index contributed by atoms with van der Waals surface area (Å²) in [6.07, 6.45) is 4.79. The highest BCUT2D eigenvalue weighted by molar-refractivity contribution is 7.11. The maximum absolute atomic E-state index is 12.9. The highest BCUT2D eigenvalue weighted by Crippen LogP contribution is 2.24. The second-order valence-electron chi connectivity index (χ2n) is 8.39. The molecule has 1 aliphatic heterocycles. The lowest BCUT2D eigenvalue weighted by Crippen LogP contribution is -2.35. The number of thiophene rings is 1. The van der Waals surface area contributed by atoms with Crippen LogP contribution < -0.4 is 11.2 Å². The molecule has 1 aliphatic rings. The lowest BCUT2D eigenvalue weighted by atomic mass is 9.90. The van der Waals surface area contributed by atoms with Crippen LogP contribution in [0.2, 0.25) is 0 Å². The molecule has 12 heteroatoms. The molecule has 0 atom stereocenters. The van der Waals surface area contributed by atoms with Crippen LogP contribution in [-0.4, -0.2) is 55.4 Å². The number of carbonyl (C=O) groups excluding carboxylic acids is 1. The molecule has 0 unspecified atom stereocenters. The van der Waals surface area contributed by atoms with Crippen molar-refractivity contribution in [1.29, 1.82) is 0 Å². The predicted molar refractivity (Wildman–Crippen MR) is 131 cm³/mol. The first kappa shape index (κ1) is 22.9. The number of amides is 1. The van der Waals surface area contributed by atoms with E-state index in [9.17, 15) is 4.79 Å². The molecule has 0 radical (unpaired) electrons. The van der Waals surface area contributed by atoms with Crippen molar-refractivity contribution in [3.63, 3.8) is 0 Å². The number of hydrazone groups is 1. The van der Waals surface area contributed by atoms with Crippen molar-refractivity contribution in [2.75, 3.05) is 18.8 Å². The van der Waals surface area contributed by atoms with Crippen LogP contribution in [0.5, 0.6) is 0 Å². The lowest BCUT2D eigenvalue weighted by Gasteiger charge is -2.32. The third-order valence-electron chi connectivity index (χ3n) is 6.02. The van der Waals surface area contributed by atoms with E-state index in [2.05, 4.69) is 60.3 Å². The largest absolute Gasteiger partial charge is 0.378 e. The van der Waals surface area contributed by atoms with Crippen molar-refractivity contribution in [1.82, 2.24) is 35.6 Å². The average Bonchev–Trinajstić information content (AvgIpc) is 3.63. The molecule has 3 N–H and O–H groups in total.